The number of nitrogens with two attached hydrogens (primary N) is 1. The minimum Gasteiger partial charge on any atom is -0.379 e. The molecule has 2 aliphatic rings. The fourth-order valence-corrected chi connectivity index (χ4v) is 2.63. The third kappa shape index (κ3) is 3.17. The first kappa shape index (κ1) is 12.3. The number of piperidine rings is 1. The maximum absolute atomic E-state index is 5.99. The van der Waals surface area contributed by atoms with Gasteiger partial charge in [0.05, 0.1) is 19.3 Å². The molecule has 0 spiro atoms. The third-order valence-corrected chi connectivity index (χ3v) is 3.68. The van der Waals surface area contributed by atoms with Crippen LogP contribution in [0.3, 0.4) is 0 Å². The zero-order valence-corrected chi connectivity index (χ0v) is 10.2. The van der Waals surface area contributed by atoms with E-state index < -0.39 is 0 Å². The van der Waals surface area contributed by atoms with Gasteiger partial charge in [-0.2, -0.15) is 0 Å². The zero-order valence-electron chi connectivity index (χ0n) is 10.2. The average Bonchev–Trinajstić information content (AvgIpc) is 2.68. The molecule has 2 unspecified atom stereocenters. The minimum atomic E-state index is 0.240. The lowest BCUT2D eigenvalue weighted by molar-refractivity contribution is 0.0104. The largest absolute Gasteiger partial charge is 0.379 e. The summed E-state index contributed by atoms with van der Waals surface area (Å²) < 4.78 is 11.0. The van der Waals surface area contributed by atoms with Crippen molar-refractivity contribution in [3.63, 3.8) is 0 Å². The van der Waals surface area contributed by atoms with E-state index in [9.17, 15) is 0 Å². The molecule has 0 amide bonds. The lowest BCUT2D eigenvalue weighted by atomic mass is 10.0. The van der Waals surface area contributed by atoms with E-state index in [2.05, 4.69) is 11.8 Å². The van der Waals surface area contributed by atoms with Gasteiger partial charge in [0, 0.05) is 38.2 Å². The quantitative estimate of drug-likeness (QED) is 0.759. The lowest BCUT2D eigenvalue weighted by Crippen LogP contribution is -2.43. The summed E-state index contributed by atoms with van der Waals surface area (Å²) in [7, 11) is 0. The Hall–Kier alpha value is -0.160. The molecule has 16 heavy (non-hydrogen) atoms. The van der Waals surface area contributed by atoms with Gasteiger partial charge >= 0.3 is 0 Å². The highest BCUT2D eigenvalue weighted by molar-refractivity contribution is 4.82. The Balaban J connectivity index is 1.68. The summed E-state index contributed by atoms with van der Waals surface area (Å²) >= 11 is 0. The van der Waals surface area contributed by atoms with Crippen LogP contribution in [0, 0.1) is 5.92 Å². The van der Waals surface area contributed by atoms with Gasteiger partial charge in [-0.05, 0) is 19.8 Å². The van der Waals surface area contributed by atoms with E-state index in [1.807, 2.05) is 0 Å². The van der Waals surface area contributed by atoms with Crippen molar-refractivity contribution in [3.05, 3.63) is 0 Å². The van der Waals surface area contributed by atoms with Crippen LogP contribution in [0.5, 0.6) is 0 Å². The Morgan fingerprint density at radius 3 is 2.62 bits per heavy atom. The Kier molecular flexibility index (Phi) is 4.58. The Morgan fingerprint density at radius 1 is 1.31 bits per heavy atom. The van der Waals surface area contributed by atoms with Crippen molar-refractivity contribution in [1.82, 2.24) is 4.90 Å². The molecule has 0 bridgehead atoms. The summed E-state index contributed by atoms with van der Waals surface area (Å²) in [6.45, 7) is 7.88. The summed E-state index contributed by atoms with van der Waals surface area (Å²) in [5.41, 5.74) is 5.99. The van der Waals surface area contributed by atoms with Gasteiger partial charge in [-0.1, -0.05) is 0 Å². The number of likely N-dealkylation sites (tertiary alicyclic amines) is 1. The summed E-state index contributed by atoms with van der Waals surface area (Å²) in [6.07, 6.45) is 2.81. The summed E-state index contributed by atoms with van der Waals surface area (Å²) in [5, 5.41) is 0. The van der Waals surface area contributed by atoms with E-state index in [-0.39, 0.29) is 6.04 Å². The third-order valence-electron chi connectivity index (χ3n) is 3.68. The van der Waals surface area contributed by atoms with Crippen molar-refractivity contribution in [1.29, 1.82) is 0 Å². The van der Waals surface area contributed by atoms with E-state index in [1.165, 1.54) is 0 Å². The van der Waals surface area contributed by atoms with Crippen LogP contribution in [-0.2, 0) is 9.47 Å². The van der Waals surface area contributed by atoms with E-state index >= 15 is 0 Å². The van der Waals surface area contributed by atoms with Crippen LogP contribution in [0.15, 0.2) is 0 Å². The molecule has 2 aliphatic heterocycles. The van der Waals surface area contributed by atoms with Gasteiger partial charge in [-0.3, -0.25) is 0 Å². The van der Waals surface area contributed by atoms with Crippen LogP contribution >= 0.6 is 0 Å². The van der Waals surface area contributed by atoms with E-state index in [1.54, 1.807) is 0 Å². The molecular weight excluding hydrogens is 204 g/mol. The maximum Gasteiger partial charge on any atom is 0.0621 e. The number of nitrogens with zero attached hydrogens (tertiary/aromatic N) is 1. The number of rotatable bonds is 4. The molecular formula is C12H24N2O2. The van der Waals surface area contributed by atoms with E-state index in [4.69, 9.17) is 15.2 Å². The lowest BCUT2D eigenvalue weighted by Gasteiger charge is -2.33. The normalized spacial score (nSPS) is 33.4. The number of ether oxygens (including phenoxy) is 2. The van der Waals surface area contributed by atoms with Crippen LogP contribution in [0.4, 0.5) is 0 Å². The molecule has 0 aromatic carbocycles. The smallest absolute Gasteiger partial charge is 0.0621 e. The van der Waals surface area contributed by atoms with Crippen molar-refractivity contribution >= 4 is 0 Å². The standard InChI is InChI=1S/C12H24N2O2/c1-2-16-11-3-5-14(6-4-11)7-10-8-15-9-12(10)13/h10-12H,2-9,13H2,1H3. The van der Waals surface area contributed by atoms with Crippen molar-refractivity contribution in [2.75, 3.05) is 39.5 Å². The molecule has 0 aromatic heterocycles. The maximum atomic E-state index is 5.99. The zero-order chi connectivity index (χ0) is 11.4. The summed E-state index contributed by atoms with van der Waals surface area (Å²) in [4.78, 5) is 2.51. The molecule has 0 saturated carbocycles. The second kappa shape index (κ2) is 5.96. The molecule has 2 fully saturated rings. The average molecular weight is 228 g/mol. The molecule has 2 N–H and O–H groups in total. The molecule has 2 saturated heterocycles. The molecule has 0 radical (unpaired) electrons. The highest BCUT2D eigenvalue weighted by Gasteiger charge is 2.28. The second-order valence-electron chi connectivity index (χ2n) is 4.92. The molecule has 2 heterocycles. The molecule has 2 rings (SSSR count). The molecule has 4 heteroatoms. The van der Waals surface area contributed by atoms with Crippen molar-refractivity contribution in [2.24, 2.45) is 11.7 Å². The van der Waals surface area contributed by atoms with Crippen molar-refractivity contribution in [3.8, 4) is 0 Å². The van der Waals surface area contributed by atoms with Crippen LogP contribution in [0.25, 0.3) is 0 Å². The summed E-state index contributed by atoms with van der Waals surface area (Å²) in [6, 6.07) is 0.240. The Labute approximate surface area is 98.1 Å². The van der Waals surface area contributed by atoms with Gasteiger partial charge in [0.15, 0.2) is 0 Å². The predicted molar refractivity (Wildman–Crippen MR) is 63.4 cm³/mol. The summed E-state index contributed by atoms with van der Waals surface area (Å²) in [5.74, 6) is 0.531. The van der Waals surface area contributed by atoms with Crippen LogP contribution in [-0.4, -0.2) is 56.5 Å². The van der Waals surface area contributed by atoms with Gasteiger partial charge in [-0.15, -0.1) is 0 Å². The number of hydrogen-bond acceptors (Lipinski definition) is 4. The van der Waals surface area contributed by atoms with Gasteiger partial charge in [0.1, 0.15) is 0 Å². The first-order valence-electron chi connectivity index (χ1n) is 6.47. The monoisotopic (exact) mass is 228 g/mol. The van der Waals surface area contributed by atoms with Crippen LogP contribution in [0.1, 0.15) is 19.8 Å². The Morgan fingerprint density at radius 2 is 2.06 bits per heavy atom. The minimum absolute atomic E-state index is 0.240. The van der Waals surface area contributed by atoms with Gasteiger partial charge < -0.3 is 20.1 Å². The van der Waals surface area contributed by atoms with Gasteiger partial charge in [0.2, 0.25) is 0 Å². The Bertz CT molecular complexity index is 205. The highest BCUT2D eigenvalue weighted by atomic mass is 16.5. The topological polar surface area (TPSA) is 47.7 Å². The molecule has 2 atom stereocenters. The van der Waals surface area contributed by atoms with Crippen LogP contribution < -0.4 is 5.73 Å². The predicted octanol–water partition coefficient (Wildman–Crippen LogP) is 0.461. The fraction of sp³-hybridized carbons (Fsp3) is 1.00. The van der Waals surface area contributed by atoms with E-state index in [0.29, 0.717) is 12.0 Å². The van der Waals surface area contributed by atoms with Gasteiger partial charge in [-0.25, -0.2) is 0 Å². The first-order valence-corrected chi connectivity index (χ1v) is 6.47. The second-order valence-corrected chi connectivity index (χ2v) is 4.92. The van der Waals surface area contributed by atoms with Crippen molar-refractivity contribution < 1.29 is 9.47 Å². The fourth-order valence-electron chi connectivity index (χ4n) is 2.63. The first-order chi connectivity index (χ1) is 7.79. The van der Waals surface area contributed by atoms with E-state index in [0.717, 1.165) is 52.3 Å². The van der Waals surface area contributed by atoms with Crippen molar-refractivity contribution in [2.45, 2.75) is 31.9 Å². The molecule has 94 valence electrons. The van der Waals surface area contributed by atoms with Crippen LogP contribution in [0.2, 0.25) is 0 Å². The molecule has 0 aliphatic carbocycles. The molecule has 4 nitrogen and oxygen atoms in total. The van der Waals surface area contributed by atoms with Gasteiger partial charge in [0.25, 0.3) is 0 Å². The number of hydrogen-bond donors (Lipinski definition) is 1. The molecule has 0 aromatic rings. The highest BCUT2D eigenvalue weighted by Crippen LogP contribution is 2.18. The SMILES string of the molecule is CCOC1CCN(CC2COCC2N)CC1.